The molecule has 2 aliphatic rings. The molecule has 0 bridgehead atoms. The number of likely N-dealkylation sites (tertiary alicyclic amines) is 1. The summed E-state index contributed by atoms with van der Waals surface area (Å²) in [4.78, 5) is 13.5. The Balaban J connectivity index is 1.60. The maximum atomic E-state index is 4.53. The van der Waals surface area contributed by atoms with Crippen molar-refractivity contribution in [1.82, 2.24) is 19.8 Å². The second-order valence-corrected chi connectivity index (χ2v) is 7.64. The third kappa shape index (κ3) is 3.37. The van der Waals surface area contributed by atoms with Crippen molar-refractivity contribution in [2.75, 3.05) is 39.1 Å². The van der Waals surface area contributed by atoms with E-state index in [9.17, 15) is 0 Å². The lowest BCUT2D eigenvalue weighted by atomic mass is 9.73. The van der Waals surface area contributed by atoms with Crippen LogP contribution in [-0.4, -0.2) is 54.6 Å². The van der Waals surface area contributed by atoms with E-state index in [0.29, 0.717) is 5.41 Å². The maximum Gasteiger partial charge on any atom is 0.204 e. The van der Waals surface area contributed by atoms with Gasteiger partial charge in [0.1, 0.15) is 0 Å². The average Bonchev–Trinajstić information content (AvgIpc) is 3.14. The normalized spacial score (nSPS) is 20.7. The smallest absolute Gasteiger partial charge is 0.204 e. The summed E-state index contributed by atoms with van der Waals surface area (Å²) in [5, 5.41) is 3.54. The minimum Gasteiger partial charge on any atom is -0.351 e. The minimum atomic E-state index is 0.556. The highest BCUT2D eigenvalue weighted by atomic mass is 15.3. The largest absolute Gasteiger partial charge is 0.351 e. The molecule has 1 N–H and O–H groups in total. The van der Waals surface area contributed by atoms with Crippen molar-refractivity contribution in [3.8, 4) is 0 Å². The van der Waals surface area contributed by atoms with Gasteiger partial charge in [-0.1, -0.05) is 19.3 Å². The molecule has 1 aliphatic carbocycles. The van der Waals surface area contributed by atoms with Gasteiger partial charge in [0.25, 0.3) is 0 Å². The molecule has 1 spiro atoms. The number of anilines is 1. The van der Waals surface area contributed by atoms with Gasteiger partial charge >= 0.3 is 0 Å². The Bertz CT molecular complexity index is 582. The van der Waals surface area contributed by atoms with Crippen LogP contribution in [0, 0.1) is 5.41 Å². The quantitative estimate of drug-likeness (QED) is 0.681. The second kappa shape index (κ2) is 7.03. The van der Waals surface area contributed by atoms with Crippen molar-refractivity contribution in [2.45, 2.75) is 45.1 Å². The highest BCUT2D eigenvalue weighted by Gasteiger charge is 2.39. The fourth-order valence-electron chi connectivity index (χ4n) is 4.34. The van der Waals surface area contributed by atoms with Crippen LogP contribution in [0.25, 0.3) is 0 Å². The Morgan fingerprint density at radius 2 is 2.04 bits per heavy atom. The number of aliphatic imine (C=N–C) groups is 1. The summed E-state index contributed by atoms with van der Waals surface area (Å²) in [6.07, 6.45) is 10.3. The molecule has 2 fully saturated rings. The number of aromatic nitrogens is 2. The molecule has 24 heavy (non-hydrogen) atoms. The van der Waals surface area contributed by atoms with Crippen LogP contribution in [0.5, 0.6) is 0 Å². The number of hydrogen-bond acceptors (Lipinski definition) is 3. The molecule has 1 saturated carbocycles. The van der Waals surface area contributed by atoms with Gasteiger partial charge in [-0.15, -0.1) is 0 Å². The molecule has 0 unspecified atom stereocenters. The highest BCUT2D eigenvalue weighted by molar-refractivity contribution is 5.80. The fourth-order valence-corrected chi connectivity index (χ4v) is 4.34. The monoisotopic (exact) mass is 332 g/mol. The van der Waals surface area contributed by atoms with Crippen molar-refractivity contribution >= 4 is 11.9 Å². The van der Waals surface area contributed by atoms with Crippen molar-refractivity contribution in [3.05, 3.63) is 11.9 Å². The predicted molar refractivity (Wildman–Crippen MR) is 99.4 cm³/mol. The Morgan fingerprint density at radius 3 is 2.67 bits per heavy atom. The van der Waals surface area contributed by atoms with E-state index < -0.39 is 0 Å². The van der Waals surface area contributed by atoms with Crippen LogP contribution >= 0.6 is 0 Å². The van der Waals surface area contributed by atoms with E-state index >= 15 is 0 Å². The lowest BCUT2D eigenvalue weighted by Gasteiger charge is -2.33. The standard InChI is InChI=1S/C18H32N6/c1-19-16(20-12-15-13-21-17(22(2)3)23(15)4)24-11-10-18(14-24)8-6-5-7-9-18/h13H,5-12,14H2,1-4H3,(H,19,20). The first kappa shape index (κ1) is 17.1. The van der Waals surface area contributed by atoms with E-state index in [1.165, 1.54) is 50.8 Å². The molecule has 1 aliphatic heterocycles. The van der Waals surface area contributed by atoms with E-state index in [4.69, 9.17) is 0 Å². The molecular weight excluding hydrogens is 300 g/mol. The third-order valence-corrected chi connectivity index (χ3v) is 5.75. The molecule has 6 nitrogen and oxygen atoms in total. The Kier molecular flexibility index (Phi) is 5.01. The first-order valence-electron chi connectivity index (χ1n) is 9.18. The summed E-state index contributed by atoms with van der Waals surface area (Å²) in [6, 6.07) is 0. The summed E-state index contributed by atoms with van der Waals surface area (Å²) in [5.74, 6) is 2.01. The van der Waals surface area contributed by atoms with Crippen molar-refractivity contribution in [3.63, 3.8) is 0 Å². The van der Waals surface area contributed by atoms with Gasteiger partial charge in [0.05, 0.1) is 18.4 Å². The molecular formula is C18H32N6. The summed E-state index contributed by atoms with van der Waals surface area (Å²) >= 11 is 0. The minimum absolute atomic E-state index is 0.556. The van der Waals surface area contributed by atoms with Crippen LogP contribution in [0.2, 0.25) is 0 Å². The number of hydrogen-bond donors (Lipinski definition) is 1. The second-order valence-electron chi connectivity index (χ2n) is 7.64. The summed E-state index contributed by atoms with van der Waals surface area (Å²) in [7, 11) is 8.00. The molecule has 0 aromatic carbocycles. The van der Waals surface area contributed by atoms with Crippen LogP contribution in [0.3, 0.4) is 0 Å². The number of nitrogens with zero attached hydrogens (tertiary/aromatic N) is 5. The van der Waals surface area contributed by atoms with E-state index in [2.05, 4.69) is 31.8 Å². The van der Waals surface area contributed by atoms with Gasteiger partial charge in [-0.05, 0) is 24.7 Å². The van der Waals surface area contributed by atoms with Gasteiger partial charge in [-0.25, -0.2) is 4.98 Å². The Labute approximate surface area is 145 Å². The molecule has 1 aromatic heterocycles. The summed E-state index contributed by atoms with van der Waals surface area (Å²) < 4.78 is 2.13. The highest BCUT2D eigenvalue weighted by Crippen LogP contribution is 2.43. The molecule has 3 rings (SSSR count). The van der Waals surface area contributed by atoms with Crippen molar-refractivity contribution in [2.24, 2.45) is 17.5 Å². The van der Waals surface area contributed by atoms with Crippen LogP contribution in [0.15, 0.2) is 11.2 Å². The molecule has 134 valence electrons. The summed E-state index contributed by atoms with van der Waals surface area (Å²) in [6.45, 7) is 3.06. The molecule has 0 atom stereocenters. The molecule has 0 amide bonds. The van der Waals surface area contributed by atoms with Gasteiger partial charge in [0, 0.05) is 41.3 Å². The van der Waals surface area contributed by atoms with Crippen LogP contribution < -0.4 is 10.2 Å². The zero-order chi connectivity index (χ0) is 17.2. The van der Waals surface area contributed by atoms with Gasteiger partial charge in [-0.3, -0.25) is 4.99 Å². The first-order chi connectivity index (χ1) is 11.5. The van der Waals surface area contributed by atoms with Gasteiger partial charge in [0.15, 0.2) is 5.96 Å². The number of guanidine groups is 1. The van der Waals surface area contributed by atoms with Gasteiger partial charge in [-0.2, -0.15) is 0 Å². The molecule has 0 radical (unpaired) electrons. The maximum absolute atomic E-state index is 4.53. The predicted octanol–water partition coefficient (Wildman–Crippen LogP) is 2.22. The molecule has 6 heteroatoms. The zero-order valence-corrected chi connectivity index (χ0v) is 15.7. The molecule has 2 heterocycles. The lowest BCUT2D eigenvalue weighted by Crippen LogP contribution is -2.41. The average molecular weight is 332 g/mol. The number of rotatable bonds is 3. The van der Waals surface area contributed by atoms with E-state index in [1.54, 1.807) is 0 Å². The summed E-state index contributed by atoms with van der Waals surface area (Å²) in [5.41, 5.74) is 1.73. The Hall–Kier alpha value is -1.72. The van der Waals surface area contributed by atoms with Crippen molar-refractivity contribution < 1.29 is 0 Å². The lowest BCUT2D eigenvalue weighted by molar-refractivity contribution is 0.203. The van der Waals surface area contributed by atoms with Gasteiger partial charge < -0.3 is 19.7 Å². The SMILES string of the molecule is CN=C(NCc1cnc(N(C)C)n1C)N1CCC2(CCCCC2)C1. The molecule has 1 saturated heterocycles. The molecule has 1 aromatic rings. The van der Waals surface area contributed by atoms with E-state index in [1.807, 2.05) is 32.2 Å². The fraction of sp³-hybridized carbons (Fsp3) is 0.778. The Morgan fingerprint density at radius 1 is 1.29 bits per heavy atom. The van der Waals surface area contributed by atoms with E-state index in [-0.39, 0.29) is 0 Å². The number of imidazole rings is 1. The number of nitrogens with one attached hydrogen (secondary N) is 1. The van der Waals surface area contributed by atoms with Crippen molar-refractivity contribution in [1.29, 1.82) is 0 Å². The first-order valence-corrected chi connectivity index (χ1v) is 9.18. The van der Waals surface area contributed by atoms with E-state index in [0.717, 1.165) is 25.0 Å². The topological polar surface area (TPSA) is 48.7 Å². The van der Waals surface area contributed by atoms with Gasteiger partial charge in [0.2, 0.25) is 5.95 Å². The van der Waals surface area contributed by atoms with Crippen LogP contribution in [0.4, 0.5) is 5.95 Å². The third-order valence-electron chi connectivity index (χ3n) is 5.75. The zero-order valence-electron chi connectivity index (χ0n) is 15.7. The van der Waals surface area contributed by atoms with Crippen LogP contribution in [0.1, 0.15) is 44.2 Å². The van der Waals surface area contributed by atoms with Crippen LogP contribution in [-0.2, 0) is 13.6 Å².